The fraction of sp³-hybridized carbons (Fsp3) is 0.684. The van der Waals surface area contributed by atoms with Crippen molar-refractivity contribution in [3.05, 3.63) is 29.8 Å². The number of benzene rings is 1. The SMILES string of the molecule is CCN1C[C@H]2C[C@@]2(c2ccc(N3C[C@H](C)O[C@@H](C)C3)cc2)C1. The van der Waals surface area contributed by atoms with E-state index >= 15 is 0 Å². The number of ether oxygens (including phenoxy) is 1. The van der Waals surface area contributed by atoms with Crippen molar-refractivity contribution in [2.75, 3.05) is 37.6 Å². The molecule has 2 aliphatic heterocycles. The molecule has 0 unspecified atom stereocenters. The predicted octanol–water partition coefficient (Wildman–Crippen LogP) is 2.89. The zero-order chi connectivity index (χ0) is 15.3. The summed E-state index contributed by atoms with van der Waals surface area (Å²) in [6.07, 6.45) is 2.04. The minimum atomic E-state index is 0.322. The second kappa shape index (κ2) is 5.24. The van der Waals surface area contributed by atoms with Crippen LogP contribution in [0.25, 0.3) is 0 Å². The number of anilines is 1. The van der Waals surface area contributed by atoms with Crippen molar-refractivity contribution in [2.45, 2.75) is 44.8 Å². The van der Waals surface area contributed by atoms with E-state index in [2.05, 4.69) is 54.8 Å². The van der Waals surface area contributed by atoms with Gasteiger partial charge in [-0.1, -0.05) is 19.1 Å². The lowest BCUT2D eigenvalue weighted by Crippen LogP contribution is -2.45. The van der Waals surface area contributed by atoms with Crippen LogP contribution >= 0.6 is 0 Å². The highest BCUT2D eigenvalue weighted by molar-refractivity contribution is 5.51. The van der Waals surface area contributed by atoms with Gasteiger partial charge in [0.1, 0.15) is 0 Å². The number of hydrogen-bond acceptors (Lipinski definition) is 3. The van der Waals surface area contributed by atoms with Crippen LogP contribution in [0.3, 0.4) is 0 Å². The van der Waals surface area contributed by atoms with Crippen LogP contribution in [-0.2, 0) is 10.2 Å². The van der Waals surface area contributed by atoms with E-state index in [1.54, 1.807) is 5.56 Å². The fourth-order valence-electron chi connectivity index (χ4n) is 4.67. The zero-order valence-electron chi connectivity index (χ0n) is 14.1. The van der Waals surface area contributed by atoms with Crippen molar-refractivity contribution in [1.29, 1.82) is 0 Å². The van der Waals surface area contributed by atoms with E-state index in [4.69, 9.17) is 4.74 Å². The first-order chi connectivity index (χ1) is 10.6. The van der Waals surface area contributed by atoms with Gasteiger partial charge in [-0.25, -0.2) is 0 Å². The van der Waals surface area contributed by atoms with Crippen LogP contribution in [0.5, 0.6) is 0 Å². The molecule has 0 bridgehead atoms. The molecule has 2 saturated heterocycles. The molecule has 1 saturated carbocycles. The molecule has 2 heterocycles. The summed E-state index contributed by atoms with van der Waals surface area (Å²) in [5, 5.41) is 0. The number of likely N-dealkylation sites (tertiary alicyclic amines) is 1. The maximum atomic E-state index is 5.84. The third-order valence-electron chi connectivity index (χ3n) is 5.89. The first-order valence-corrected chi connectivity index (χ1v) is 8.84. The van der Waals surface area contributed by atoms with Gasteiger partial charge in [-0.3, -0.25) is 0 Å². The van der Waals surface area contributed by atoms with Gasteiger partial charge in [-0.05, 0) is 50.4 Å². The average molecular weight is 300 g/mol. The van der Waals surface area contributed by atoms with Gasteiger partial charge >= 0.3 is 0 Å². The van der Waals surface area contributed by atoms with Crippen molar-refractivity contribution >= 4 is 5.69 Å². The quantitative estimate of drug-likeness (QED) is 0.853. The molecule has 3 fully saturated rings. The van der Waals surface area contributed by atoms with Gasteiger partial charge in [0.25, 0.3) is 0 Å². The predicted molar refractivity (Wildman–Crippen MR) is 90.6 cm³/mol. The lowest BCUT2D eigenvalue weighted by molar-refractivity contribution is -0.00521. The Morgan fingerprint density at radius 1 is 1.09 bits per heavy atom. The van der Waals surface area contributed by atoms with Crippen LogP contribution in [0.15, 0.2) is 24.3 Å². The minimum Gasteiger partial charge on any atom is -0.372 e. The van der Waals surface area contributed by atoms with Gasteiger partial charge < -0.3 is 14.5 Å². The number of nitrogens with zero attached hydrogens (tertiary/aromatic N) is 2. The molecular weight excluding hydrogens is 272 g/mol. The van der Waals surface area contributed by atoms with E-state index in [1.807, 2.05) is 0 Å². The largest absolute Gasteiger partial charge is 0.372 e. The summed E-state index contributed by atoms with van der Waals surface area (Å²) in [5.74, 6) is 0.904. The molecule has 0 radical (unpaired) electrons. The van der Waals surface area contributed by atoms with Gasteiger partial charge in [0.15, 0.2) is 0 Å². The van der Waals surface area contributed by atoms with Crippen LogP contribution in [0.4, 0.5) is 5.69 Å². The summed E-state index contributed by atoms with van der Waals surface area (Å²) in [6, 6.07) is 9.44. The summed E-state index contributed by atoms with van der Waals surface area (Å²) < 4.78 is 5.84. The van der Waals surface area contributed by atoms with Gasteiger partial charge in [-0.15, -0.1) is 0 Å². The molecule has 0 amide bonds. The normalized spacial score (nSPS) is 38.1. The fourth-order valence-corrected chi connectivity index (χ4v) is 4.67. The summed E-state index contributed by atoms with van der Waals surface area (Å²) in [5.41, 5.74) is 3.40. The summed E-state index contributed by atoms with van der Waals surface area (Å²) in [7, 11) is 0. The lowest BCUT2D eigenvalue weighted by Gasteiger charge is -2.37. The van der Waals surface area contributed by atoms with Crippen molar-refractivity contribution in [2.24, 2.45) is 5.92 Å². The monoisotopic (exact) mass is 300 g/mol. The Bertz CT molecular complexity index is 533. The average Bonchev–Trinajstić information content (AvgIpc) is 3.08. The number of hydrogen-bond donors (Lipinski definition) is 0. The molecule has 0 N–H and O–H groups in total. The van der Waals surface area contributed by atoms with Crippen LogP contribution < -0.4 is 4.90 Å². The summed E-state index contributed by atoms with van der Waals surface area (Å²) >= 11 is 0. The van der Waals surface area contributed by atoms with E-state index in [9.17, 15) is 0 Å². The van der Waals surface area contributed by atoms with E-state index in [0.29, 0.717) is 17.6 Å². The van der Waals surface area contributed by atoms with Gasteiger partial charge in [0, 0.05) is 37.3 Å². The number of likely N-dealkylation sites (N-methyl/N-ethyl adjacent to an activating group) is 1. The summed E-state index contributed by atoms with van der Waals surface area (Å²) in [6.45, 7) is 12.4. The topological polar surface area (TPSA) is 15.7 Å². The Kier molecular flexibility index (Phi) is 3.46. The first-order valence-electron chi connectivity index (χ1n) is 8.84. The Labute approximate surface area is 134 Å². The molecule has 4 rings (SSSR count). The van der Waals surface area contributed by atoms with Crippen molar-refractivity contribution in [3.63, 3.8) is 0 Å². The van der Waals surface area contributed by atoms with Crippen molar-refractivity contribution in [1.82, 2.24) is 4.90 Å². The highest BCUT2D eigenvalue weighted by Gasteiger charge is 2.60. The van der Waals surface area contributed by atoms with Crippen LogP contribution in [0.1, 0.15) is 32.8 Å². The van der Waals surface area contributed by atoms with Crippen LogP contribution in [-0.4, -0.2) is 49.8 Å². The first kappa shape index (κ1) is 14.5. The number of fused-ring (bicyclic) bond motifs is 1. The molecule has 1 aromatic rings. The maximum Gasteiger partial charge on any atom is 0.0726 e. The standard InChI is InChI=1S/C19H28N2O/c1-4-20-12-17-9-19(17,13-20)16-5-7-18(8-6-16)21-10-14(2)22-15(3)11-21/h5-8,14-15,17H,4,9-13H2,1-3H3/t14-,15-,17+,19-/m0/s1. The van der Waals surface area contributed by atoms with E-state index < -0.39 is 0 Å². The summed E-state index contributed by atoms with van der Waals surface area (Å²) in [4.78, 5) is 5.07. The van der Waals surface area contributed by atoms with E-state index in [1.165, 1.54) is 31.7 Å². The molecule has 3 nitrogen and oxygen atoms in total. The molecule has 1 aromatic carbocycles. The second-order valence-corrected chi connectivity index (χ2v) is 7.59. The highest BCUT2D eigenvalue weighted by atomic mass is 16.5. The molecular formula is C19H28N2O. The van der Waals surface area contributed by atoms with Crippen LogP contribution in [0, 0.1) is 5.92 Å². The van der Waals surface area contributed by atoms with Gasteiger partial charge in [0.05, 0.1) is 12.2 Å². The molecule has 3 aliphatic rings. The number of piperidine rings is 1. The minimum absolute atomic E-state index is 0.322. The number of rotatable bonds is 3. The second-order valence-electron chi connectivity index (χ2n) is 7.59. The smallest absolute Gasteiger partial charge is 0.0726 e. The van der Waals surface area contributed by atoms with E-state index in [0.717, 1.165) is 19.0 Å². The van der Waals surface area contributed by atoms with E-state index in [-0.39, 0.29) is 0 Å². The molecule has 1 aliphatic carbocycles. The van der Waals surface area contributed by atoms with Gasteiger partial charge in [-0.2, -0.15) is 0 Å². The molecule has 0 spiro atoms. The molecule has 22 heavy (non-hydrogen) atoms. The zero-order valence-corrected chi connectivity index (χ0v) is 14.1. The lowest BCUT2D eigenvalue weighted by atomic mass is 9.94. The third-order valence-corrected chi connectivity index (χ3v) is 5.89. The Balaban J connectivity index is 1.50. The molecule has 4 atom stereocenters. The molecule has 120 valence electrons. The molecule has 0 aromatic heterocycles. The molecule has 3 heteroatoms. The third kappa shape index (κ3) is 2.35. The Morgan fingerprint density at radius 3 is 2.36 bits per heavy atom. The highest BCUT2D eigenvalue weighted by Crippen LogP contribution is 2.58. The van der Waals surface area contributed by atoms with Crippen LogP contribution in [0.2, 0.25) is 0 Å². The number of morpholine rings is 1. The Hall–Kier alpha value is -1.06. The van der Waals surface area contributed by atoms with Crippen molar-refractivity contribution in [3.8, 4) is 0 Å². The van der Waals surface area contributed by atoms with Crippen molar-refractivity contribution < 1.29 is 4.74 Å². The maximum absolute atomic E-state index is 5.84. The van der Waals surface area contributed by atoms with Gasteiger partial charge in [0.2, 0.25) is 0 Å². The Morgan fingerprint density at radius 2 is 1.77 bits per heavy atom.